The van der Waals surface area contributed by atoms with Crippen LogP contribution in [0.15, 0.2) is 30.3 Å². The van der Waals surface area contributed by atoms with Crippen molar-refractivity contribution in [1.29, 1.82) is 0 Å². The van der Waals surface area contributed by atoms with Crippen LogP contribution in [0.1, 0.15) is 51.1 Å². The SMILES string of the molecule is CCOC(=O)[C@H](N[C@@H](C)c1ccccc1)C1CCCC1. The van der Waals surface area contributed by atoms with E-state index in [4.69, 9.17) is 4.74 Å². The number of hydrogen-bond donors (Lipinski definition) is 1. The molecule has 20 heavy (non-hydrogen) atoms. The van der Waals surface area contributed by atoms with E-state index < -0.39 is 0 Å². The van der Waals surface area contributed by atoms with Gasteiger partial charge in [0.05, 0.1) is 6.61 Å². The summed E-state index contributed by atoms with van der Waals surface area (Å²) in [6.45, 7) is 4.42. The van der Waals surface area contributed by atoms with Gasteiger partial charge >= 0.3 is 5.97 Å². The molecule has 0 unspecified atom stereocenters. The van der Waals surface area contributed by atoms with Crippen LogP contribution in [0.4, 0.5) is 0 Å². The molecule has 2 rings (SSSR count). The van der Waals surface area contributed by atoms with E-state index in [0.29, 0.717) is 12.5 Å². The molecule has 0 amide bonds. The lowest BCUT2D eigenvalue weighted by Gasteiger charge is -2.26. The maximum absolute atomic E-state index is 12.2. The van der Waals surface area contributed by atoms with E-state index in [1.165, 1.54) is 18.4 Å². The highest BCUT2D eigenvalue weighted by atomic mass is 16.5. The third-order valence-electron chi connectivity index (χ3n) is 4.14. The van der Waals surface area contributed by atoms with Crippen molar-refractivity contribution >= 4 is 5.97 Å². The number of carbonyl (C=O) groups is 1. The minimum atomic E-state index is -0.173. The van der Waals surface area contributed by atoms with Crippen LogP contribution in [0.3, 0.4) is 0 Å². The van der Waals surface area contributed by atoms with Crippen molar-refractivity contribution in [3.63, 3.8) is 0 Å². The van der Waals surface area contributed by atoms with Gasteiger partial charge in [0.1, 0.15) is 6.04 Å². The molecule has 1 aliphatic rings. The fraction of sp³-hybridized carbons (Fsp3) is 0.588. The van der Waals surface area contributed by atoms with E-state index in [0.717, 1.165) is 12.8 Å². The summed E-state index contributed by atoms with van der Waals surface area (Å²) in [4.78, 5) is 12.2. The molecule has 1 aromatic rings. The lowest BCUT2D eigenvalue weighted by Crippen LogP contribution is -2.44. The zero-order valence-electron chi connectivity index (χ0n) is 12.5. The third-order valence-corrected chi connectivity index (χ3v) is 4.14. The van der Waals surface area contributed by atoms with Crippen molar-refractivity contribution in [2.24, 2.45) is 5.92 Å². The Hall–Kier alpha value is -1.35. The van der Waals surface area contributed by atoms with Crippen LogP contribution in [0.5, 0.6) is 0 Å². The summed E-state index contributed by atoms with van der Waals surface area (Å²) in [7, 11) is 0. The van der Waals surface area contributed by atoms with E-state index in [2.05, 4.69) is 24.4 Å². The molecule has 0 spiro atoms. The number of benzene rings is 1. The van der Waals surface area contributed by atoms with Gasteiger partial charge in [-0.05, 0) is 38.2 Å². The first kappa shape index (κ1) is 15.0. The van der Waals surface area contributed by atoms with Crippen LogP contribution >= 0.6 is 0 Å². The monoisotopic (exact) mass is 275 g/mol. The summed E-state index contributed by atoms with van der Waals surface area (Å²) in [6.07, 6.45) is 4.69. The maximum atomic E-state index is 12.2. The normalized spacial score (nSPS) is 18.7. The Bertz CT molecular complexity index is 412. The van der Waals surface area contributed by atoms with E-state index in [9.17, 15) is 4.79 Å². The average Bonchev–Trinajstić information content (AvgIpc) is 2.99. The molecule has 0 aliphatic heterocycles. The quantitative estimate of drug-likeness (QED) is 0.808. The molecular weight excluding hydrogens is 250 g/mol. The predicted octanol–water partition coefficient (Wildman–Crippen LogP) is 3.46. The summed E-state index contributed by atoms with van der Waals surface area (Å²) in [5.74, 6) is 0.322. The summed E-state index contributed by atoms with van der Waals surface area (Å²) in [5.41, 5.74) is 1.21. The number of rotatable bonds is 6. The minimum Gasteiger partial charge on any atom is -0.465 e. The summed E-state index contributed by atoms with van der Waals surface area (Å²) >= 11 is 0. The first-order valence-electron chi connectivity index (χ1n) is 7.70. The molecule has 0 heterocycles. The molecule has 0 saturated heterocycles. The van der Waals surface area contributed by atoms with Gasteiger partial charge < -0.3 is 4.74 Å². The Balaban J connectivity index is 2.04. The van der Waals surface area contributed by atoms with Gasteiger partial charge in [-0.25, -0.2) is 0 Å². The zero-order valence-corrected chi connectivity index (χ0v) is 12.5. The van der Waals surface area contributed by atoms with Crippen LogP contribution in [0, 0.1) is 5.92 Å². The molecule has 1 N–H and O–H groups in total. The number of ether oxygens (including phenoxy) is 1. The first-order valence-corrected chi connectivity index (χ1v) is 7.70. The van der Waals surface area contributed by atoms with Gasteiger partial charge in [0.2, 0.25) is 0 Å². The van der Waals surface area contributed by atoms with E-state index >= 15 is 0 Å². The Morgan fingerprint density at radius 3 is 2.55 bits per heavy atom. The number of nitrogens with one attached hydrogen (secondary N) is 1. The molecule has 1 fully saturated rings. The second-order valence-electron chi connectivity index (χ2n) is 5.57. The Morgan fingerprint density at radius 1 is 1.30 bits per heavy atom. The van der Waals surface area contributed by atoms with Gasteiger partial charge in [-0.3, -0.25) is 10.1 Å². The topological polar surface area (TPSA) is 38.3 Å². The lowest BCUT2D eigenvalue weighted by atomic mass is 9.96. The van der Waals surface area contributed by atoms with Gasteiger partial charge in [-0.1, -0.05) is 43.2 Å². The molecule has 0 radical (unpaired) electrons. The molecule has 3 nitrogen and oxygen atoms in total. The second-order valence-corrected chi connectivity index (χ2v) is 5.57. The van der Waals surface area contributed by atoms with Gasteiger partial charge in [-0.2, -0.15) is 0 Å². The summed E-state index contributed by atoms with van der Waals surface area (Å²) in [5, 5.41) is 3.49. The van der Waals surface area contributed by atoms with E-state index in [1.54, 1.807) is 0 Å². The van der Waals surface area contributed by atoms with Crippen LogP contribution < -0.4 is 5.32 Å². The van der Waals surface area contributed by atoms with Crippen LogP contribution in [0.2, 0.25) is 0 Å². The minimum absolute atomic E-state index is 0.0952. The van der Waals surface area contributed by atoms with Crippen molar-refractivity contribution < 1.29 is 9.53 Å². The van der Waals surface area contributed by atoms with Gasteiger partial charge in [0.25, 0.3) is 0 Å². The molecule has 1 saturated carbocycles. The highest BCUT2D eigenvalue weighted by molar-refractivity contribution is 5.76. The van der Waals surface area contributed by atoms with Crippen molar-refractivity contribution in [1.82, 2.24) is 5.32 Å². The van der Waals surface area contributed by atoms with Crippen molar-refractivity contribution in [2.45, 2.75) is 51.6 Å². The van der Waals surface area contributed by atoms with E-state index in [-0.39, 0.29) is 18.1 Å². The number of esters is 1. The van der Waals surface area contributed by atoms with Gasteiger partial charge in [0, 0.05) is 6.04 Å². The number of hydrogen-bond acceptors (Lipinski definition) is 3. The molecule has 1 aliphatic carbocycles. The van der Waals surface area contributed by atoms with Crippen molar-refractivity contribution in [2.75, 3.05) is 6.61 Å². The summed E-state index contributed by atoms with van der Waals surface area (Å²) < 4.78 is 5.25. The lowest BCUT2D eigenvalue weighted by molar-refractivity contribution is -0.147. The average molecular weight is 275 g/mol. The first-order chi connectivity index (χ1) is 9.72. The van der Waals surface area contributed by atoms with Crippen molar-refractivity contribution in [3.8, 4) is 0 Å². The molecule has 0 bridgehead atoms. The fourth-order valence-corrected chi connectivity index (χ4v) is 3.03. The van der Waals surface area contributed by atoms with Crippen molar-refractivity contribution in [3.05, 3.63) is 35.9 Å². The van der Waals surface area contributed by atoms with Crippen LogP contribution in [0.25, 0.3) is 0 Å². The third kappa shape index (κ3) is 3.83. The standard InChI is InChI=1S/C17H25NO2/c1-3-20-17(19)16(15-11-7-8-12-15)18-13(2)14-9-5-4-6-10-14/h4-6,9-10,13,15-16,18H,3,7-8,11-12H2,1-2H3/t13-,16+/m0/s1. The van der Waals surface area contributed by atoms with Crippen LogP contribution in [-0.4, -0.2) is 18.6 Å². The van der Waals surface area contributed by atoms with Gasteiger partial charge in [-0.15, -0.1) is 0 Å². The highest BCUT2D eigenvalue weighted by Crippen LogP contribution is 2.29. The second kappa shape index (κ2) is 7.44. The Labute approximate surface area is 121 Å². The van der Waals surface area contributed by atoms with Crippen LogP contribution in [-0.2, 0) is 9.53 Å². The molecule has 1 aromatic carbocycles. The fourth-order valence-electron chi connectivity index (χ4n) is 3.03. The zero-order chi connectivity index (χ0) is 14.4. The largest absolute Gasteiger partial charge is 0.465 e. The van der Waals surface area contributed by atoms with Gasteiger partial charge in [0.15, 0.2) is 0 Å². The summed E-state index contributed by atoms with van der Waals surface area (Å²) in [6, 6.07) is 10.2. The maximum Gasteiger partial charge on any atom is 0.323 e. The Kier molecular flexibility index (Phi) is 5.60. The molecule has 0 aromatic heterocycles. The molecular formula is C17H25NO2. The Morgan fingerprint density at radius 2 is 1.95 bits per heavy atom. The molecule has 2 atom stereocenters. The smallest absolute Gasteiger partial charge is 0.323 e. The van der Waals surface area contributed by atoms with E-state index in [1.807, 2.05) is 25.1 Å². The molecule has 110 valence electrons. The molecule has 3 heteroatoms. The highest BCUT2D eigenvalue weighted by Gasteiger charge is 2.32. The predicted molar refractivity (Wildman–Crippen MR) is 80.4 cm³/mol. The number of carbonyl (C=O) groups excluding carboxylic acids is 1.